The Morgan fingerprint density at radius 1 is 1.00 bits per heavy atom. The topological polar surface area (TPSA) is 12.0 Å². The molecule has 0 aliphatic heterocycles. The summed E-state index contributed by atoms with van der Waals surface area (Å²) in [5.74, 6) is 2.70. The lowest BCUT2D eigenvalue weighted by molar-refractivity contribution is 0.214. The molecular formula is C16H33N. The molecule has 1 nitrogen and oxygen atoms in total. The predicted molar refractivity (Wildman–Crippen MR) is 77.3 cm³/mol. The van der Waals surface area contributed by atoms with Crippen molar-refractivity contribution in [2.24, 2.45) is 17.8 Å². The van der Waals surface area contributed by atoms with Gasteiger partial charge in [-0.15, -0.1) is 0 Å². The van der Waals surface area contributed by atoms with Gasteiger partial charge in [-0.3, -0.25) is 0 Å². The van der Waals surface area contributed by atoms with Crippen molar-refractivity contribution < 1.29 is 0 Å². The molecule has 0 heterocycles. The van der Waals surface area contributed by atoms with Crippen molar-refractivity contribution >= 4 is 0 Å². The third-order valence-electron chi connectivity index (χ3n) is 4.54. The molecule has 4 unspecified atom stereocenters. The zero-order chi connectivity index (χ0) is 12.8. The van der Waals surface area contributed by atoms with E-state index in [9.17, 15) is 0 Å². The lowest BCUT2D eigenvalue weighted by Gasteiger charge is -2.34. The summed E-state index contributed by atoms with van der Waals surface area (Å²) in [4.78, 5) is 0. The van der Waals surface area contributed by atoms with E-state index in [-0.39, 0.29) is 0 Å². The van der Waals surface area contributed by atoms with Crippen molar-refractivity contribution in [1.82, 2.24) is 5.32 Å². The van der Waals surface area contributed by atoms with E-state index in [1.165, 1.54) is 38.5 Å². The van der Waals surface area contributed by atoms with Crippen molar-refractivity contribution in [1.29, 1.82) is 0 Å². The first-order valence-electron chi connectivity index (χ1n) is 7.75. The van der Waals surface area contributed by atoms with E-state index in [0.717, 1.165) is 23.8 Å². The van der Waals surface area contributed by atoms with Crippen LogP contribution in [-0.4, -0.2) is 12.1 Å². The van der Waals surface area contributed by atoms with Crippen LogP contribution < -0.4 is 5.32 Å². The summed E-state index contributed by atoms with van der Waals surface area (Å²) < 4.78 is 0. The first-order valence-corrected chi connectivity index (χ1v) is 7.75. The zero-order valence-corrected chi connectivity index (χ0v) is 12.6. The Labute approximate surface area is 109 Å². The second kappa shape index (κ2) is 7.41. The Hall–Kier alpha value is -0.0400. The average molecular weight is 239 g/mol. The summed E-state index contributed by atoms with van der Waals surface area (Å²) in [5, 5.41) is 3.84. The Balaban J connectivity index is 2.15. The van der Waals surface area contributed by atoms with Crippen LogP contribution in [0.4, 0.5) is 0 Å². The minimum absolute atomic E-state index is 0.708. The van der Waals surface area contributed by atoms with Crippen LogP contribution in [0.15, 0.2) is 0 Å². The molecule has 17 heavy (non-hydrogen) atoms. The van der Waals surface area contributed by atoms with E-state index in [1.807, 2.05) is 0 Å². The Bertz CT molecular complexity index is 200. The van der Waals surface area contributed by atoms with Crippen LogP contribution >= 0.6 is 0 Å². The highest BCUT2D eigenvalue weighted by Gasteiger charge is 2.24. The first kappa shape index (κ1) is 15.0. The SMILES string of the molecule is CC(C)CCCC(C)NC1CCC(C)C(C)C1. The van der Waals surface area contributed by atoms with E-state index in [2.05, 4.69) is 39.9 Å². The fraction of sp³-hybridized carbons (Fsp3) is 1.00. The normalized spacial score (nSPS) is 31.8. The van der Waals surface area contributed by atoms with Gasteiger partial charge in [0.15, 0.2) is 0 Å². The molecule has 1 saturated carbocycles. The van der Waals surface area contributed by atoms with Crippen molar-refractivity contribution in [3.8, 4) is 0 Å². The highest BCUT2D eigenvalue weighted by atomic mass is 14.9. The van der Waals surface area contributed by atoms with Crippen LogP contribution in [0.3, 0.4) is 0 Å². The average Bonchev–Trinajstić information content (AvgIpc) is 2.23. The molecule has 0 aromatic heterocycles. The van der Waals surface area contributed by atoms with Gasteiger partial charge in [0.2, 0.25) is 0 Å². The van der Waals surface area contributed by atoms with Gasteiger partial charge >= 0.3 is 0 Å². The molecule has 1 heteroatoms. The van der Waals surface area contributed by atoms with Gasteiger partial charge in [0.05, 0.1) is 0 Å². The zero-order valence-electron chi connectivity index (χ0n) is 12.6. The lowest BCUT2D eigenvalue weighted by Crippen LogP contribution is -2.41. The Kier molecular flexibility index (Phi) is 6.54. The Morgan fingerprint density at radius 3 is 2.29 bits per heavy atom. The number of rotatable bonds is 6. The fourth-order valence-electron chi connectivity index (χ4n) is 3.02. The molecule has 0 radical (unpaired) electrons. The van der Waals surface area contributed by atoms with Crippen LogP contribution in [0.2, 0.25) is 0 Å². The molecule has 0 aromatic carbocycles. The smallest absolute Gasteiger partial charge is 0.00722 e. The predicted octanol–water partition coefficient (Wildman–Crippen LogP) is 4.62. The minimum Gasteiger partial charge on any atom is -0.311 e. The summed E-state index contributed by atoms with van der Waals surface area (Å²) in [6.45, 7) is 11.8. The van der Waals surface area contributed by atoms with E-state index < -0.39 is 0 Å². The van der Waals surface area contributed by atoms with Gasteiger partial charge in [-0.05, 0) is 50.4 Å². The summed E-state index contributed by atoms with van der Waals surface area (Å²) in [7, 11) is 0. The maximum absolute atomic E-state index is 3.84. The third-order valence-corrected chi connectivity index (χ3v) is 4.54. The van der Waals surface area contributed by atoms with Crippen LogP contribution in [0.5, 0.6) is 0 Å². The summed E-state index contributed by atoms with van der Waals surface area (Å²) in [6, 6.07) is 1.50. The van der Waals surface area contributed by atoms with Crippen molar-refractivity contribution in [3.05, 3.63) is 0 Å². The minimum atomic E-state index is 0.708. The number of hydrogen-bond donors (Lipinski definition) is 1. The molecule has 1 rings (SSSR count). The maximum atomic E-state index is 3.84. The quantitative estimate of drug-likeness (QED) is 0.713. The second-order valence-corrected chi connectivity index (χ2v) is 6.86. The standard InChI is InChI=1S/C16H33N/c1-12(2)7-6-8-15(5)17-16-10-9-13(3)14(4)11-16/h12-17H,6-11H2,1-5H3. The molecule has 0 saturated heterocycles. The van der Waals surface area contributed by atoms with Crippen LogP contribution in [0.25, 0.3) is 0 Å². The van der Waals surface area contributed by atoms with Gasteiger partial charge in [-0.1, -0.05) is 40.5 Å². The largest absolute Gasteiger partial charge is 0.311 e. The molecule has 102 valence electrons. The summed E-state index contributed by atoms with van der Waals surface area (Å²) >= 11 is 0. The molecule has 0 spiro atoms. The number of nitrogens with one attached hydrogen (secondary N) is 1. The molecule has 0 bridgehead atoms. The van der Waals surface area contributed by atoms with Crippen LogP contribution in [0, 0.1) is 17.8 Å². The van der Waals surface area contributed by atoms with Crippen LogP contribution in [0.1, 0.15) is 73.1 Å². The van der Waals surface area contributed by atoms with E-state index in [1.54, 1.807) is 0 Å². The van der Waals surface area contributed by atoms with Crippen molar-refractivity contribution in [2.45, 2.75) is 85.2 Å². The first-order chi connectivity index (χ1) is 7.99. The number of hydrogen-bond acceptors (Lipinski definition) is 1. The van der Waals surface area contributed by atoms with Gasteiger partial charge in [0, 0.05) is 12.1 Å². The highest BCUT2D eigenvalue weighted by Crippen LogP contribution is 2.29. The molecule has 4 atom stereocenters. The van der Waals surface area contributed by atoms with Gasteiger partial charge in [0.1, 0.15) is 0 Å². The van der Waals surface area contributed by atoms with Crippen LogP contribution in [-0.2, 0) is 0 Å². The third kappa shape index (κ3) is 5.90. The second-order valence-electron chi connectivity index (χ2n) is 6.86. The van der Waals surface area contributed by atoms with Gasteiger partial charge in [0.25, 0.3) is 0 Å². The maximum Gasteiger partial charge on any atom is 0.00722 e. The highest BCUT2D eigenvalue weighted by molar-refractivity contribution is 4.81. The molecule has 1 aliphatic rings. The molecular weight excluding hydrogens is 206 g/mol. The Morgan fingerprint density at radius 2 is 1.71 bits per heavy atom. The summed E-state index contributed by atoms with van der Waals surface area (Å²) in [6.07, 6.45) is 8.29. The summed E-state index contributed by atoms with van der Waals surface area (Å²) in [5.41, 5.74) is 0. The fourth-order valence-corrected chi connectivity index (χ4v) is 3.02. The van der Waals surface area contributed by atoms with Gasteiger partial charge < -0.3 is 5.32 Å². The molecule has 1 N–H and O–H groups in total. The van der Waals surface area contributed by atoms with E-state index in [0.29, 0.717) is 6.04 Å². The molecule has 0 amide bonds. The van der Waals surface area contributed by atoms with Crippen molar-refractivity contribution in [2.75, 3.05) is 0 Å². The molecule has 0 aromatic rings. The van der Waals surface area contributed by atoms with E-state index in [4.69, 9.17) is 0 Å². The molecule has 1 aliphatic carbocycles. The van der Waals surface area contributed by atoms with Gasteiger partial charge in [-0.2, -0.15) is 0 Å². The van der Waals surface area contributed by atoms with Crippen molar-refractivity contribution in [3.63, 3.8) is 0 Å². The monoisotopic (exact) mass is 239 g/mol. The van der Waals surface area contributed by atoms with E-state index >= 15 is 0 Å². The van der Waals surface area contributed by atoms with Gasteiger partial charge in [-0.25, -0.2) is 0 Å². The molecule has 1 fully saturated rings. The lowest BCUT2D eigenvalue weighted by atomic mass is 9.79.